The van der Waals surface area contributed by atoms with E-state index < -0.39 is 10.0 Å². The molecule has 2 N–H and O–H groups in total. The standard InChI is InChI=1S/C27H31N3O4S/c1-27(2,3)20-9-15-24(16-10-20)35(32,33)30-22-11-13-23(14-12-22)34-25-17-8-19(18-28-25)26(31)29-21-6-4-5-7-21/h8-18,21,30H,4-7H2,1-3H3,(H,29,31). The van der Waals surface area contributed by atoms with E-state index >= 15 is 0 Å². The molecule has 7 nitrogen and oxygen atoms in total. The van der Waals surface area contributed by atoms with Gasteiger partial charge in [-0.3, -0.25) is 9.52 Å². The predicted octanol–water partition coefficient (Wildman–Crippen LogP) is 5.64. The molecule has 1 heterocycles. The second kappa shape index (κ2) is 10.1. The van der Waals surface area contributed by atoms with Gasteiger partial charge >= 0.3 is 0 Å². The van der Waals surface area contributed by atoms with Crippen molar-refractivity contribution in [1.29, 1.82) is 0 Å². The van der Waals surface area contributed by atoms with Crippen molar-refractivity contribution in [3.05, 3.63) is 78.0 Å². The third-order valence-electron chi connectivity index (χ3n) is 6.05. The lowest BCUT2D eigenvalue weighted by molar-refractivity contribution is 0.0937. The van der Waals surface area contributed by atoms with Gasteiger partial charge in [0, 0.05) is 24.0 Å². The maximum Gasteiger partial charge on any atom is 0.261 e. The van der Waals surface area contributed by atoms with Gasteiger partial charge in [0.05, 0.1) is 10.5 Å². The van der Waals surface area contributed by atoms with Crippen LogP contribution in [0.3, 0.4) is 0 Å². The minimum Gasteiger partial charge on any atom is -0.439 e. The molecule has 35 heavy (non-hydrogen) atoms. The predicted molar refractivity (Wildman–Crippen MR) is 136 cm³/mol. The number of carbonyl (C=O) groups is 1. The molecule has 0 saturated heterocycles. The average molecular weight is 494 g/mol. The van der Waals surface area contributed by atoms with E-state index in [0.29, 0.717) is 22.9 Å². The Morgan fingerprint density at radius 1 is 0.943 bits per heavy atom. The van der Waals surface area contributed by atoms with Crippen LogP contribution >= 0.6 is 0 Å². The van der Waals surface area contributed by atoms with Gasteiger partial charge in [0.2, 0.25) is 5.88 Å². The normalized spacial score (nSPS) is 14.5. The zero-order chi connectivity index (χ0) is 25.1. The fraction of sp³-hybridized carbons (Fsp3) is 0.333. The number of ether oxygens (including phenoxy) is 1. The number of aromatic nitrogens is 1. The summed E-state index contributed by atoms with van der Waals surface area (Å²) in [5.74, 6) is 0.716. The summed E-state index contributed by atoms with van der Waals surface area (Å²) in [6.45, 7) is 6.24. The Labute approximate surface area is 207 Å². The molecule has 0 spiro atoms. The Hall–Kier alpha value is -3.39. The highest BCUT2D eigenvalue weighted by molar-refractivity contribution is 7.92. The molecule has 1 amide bonds. The number of pyridine rings is 1. The zero-order valence-corrected chi connectivity index (χ0v) is 21.1. The second-order valence-electron chi connectivity index (χ2n) is 9.85. The van der Waals surface area contributed by atoms with Crippen LogP contribution in [-0.2, 0) is 15.4 Å². The SMILES string of the molecule is CC(C)(C)c1ccc(S(=O)(=O)Nc2ccc(Oc3ccc(C(=O)NC4CCCC4)cn3)cc2)cc1. The topological polar surface area (TPSA) is 97.4 Å². The summed E-state index contributed by atoms with van der Waals surface area (Å²) >= 11 is 0. The number of nitrogens with one attached hydrogen (secondary N) is 2. The van der Waals surface area contributed by atoms with E-state index in [1.807, 2.05) is 12.1 Å². The molecule has 0 atom stereocenters. The molecule has 0 radical (unpaired) electrons. The van der Waals surface area contributed by atoms with Gasteiger partial charge in [-0.1, -0.05) is 45.7 Å². The molecule has 0 aliphatic heterocycles. The second-order valence-corrected chi connectivity index (χ2v) is 11.5. The van der Waals surface area contributed by atoms with Crippen molar-refractivity contribution in [2.45, 2.75) is 62.8 Å². The van der Waals surface area contributed by atoms with Crippen molar-refractivity contribution in [2.24, 2.45) is 0 Å². The van der Waals surface area contributed by atoms with Gasteiger partial charge in [0.15, 0.2) is 0 Å². The molecule has 3 aromatic rings. The van der Waals surface area contributed by atoms with Gasteiger partial charge in [-0.25, -0.2) is 13.4 Å². The Balaban J connectivity index is 1.36. The first-order valence-electron chi connectivity index (χ1n) is 11.8. The molecule has 0 bridgehead atoms. The highest BCUT2D eigenvalue weighted by atomic mass is 32.2. The third-order valence-corrected chi connectivity index (χ3v) is 7.45. The first-order chi connectivity index (χ1) is 16.6. The fourth-order valence-electron chi connectivity index (χ4n) is 3.97. The summed E-state index contributed by atoms with van der Waals surface area (Å²) in [5.41, 5.74) is 1.92. The van der Waals surface area contributed by atoms with Crippen molar-refractivity contribution in [2.75, 3.05) is 4.72 Å². The summed E-state index contributed by atoms with van der Waals surface area (Å²) in [4.78, 5) is 16.8. The van der Waals surface area contributed by atoms with E-state index in [0.717, 1.165) is 31.2 Å². The summed E-state index contributed by atoms with van der Waals surface area (Å²) in [7, 11) is -3.71. The number of sulfonamides is 1. The maximum absolute atomic E-state index is 12.7. The molecule has 1 fully saturated rings. The van der Waals surface area contributed by atoms with E-state index in [1.54, 1.807) is 48.5 Å². The van der Waals surface area contributed by atoms with E-state index in [9.17, 15) is 13.2 Å². The van der Waals surface area contributed by atoms with Crippen LogP contribution in [0.1, 0.15) is 62.4 Å². The molecule has 8 heteroatoms. The van der Waals surface area contributed by atoms with Crippen molar-refractivity contribution in [3.63, 3.8) is 0 Å². The molecule has 2 aromatic carbocycles. The Morgan fingerprint density at radius 2 is 1.60 bits per heavy atom. The van der Waals surface area contributed by atoms with E-state index in [4.69, 9.17) is 4.74 Å². The Kier molecular flexibility index (Phi) is 7.12. The summed E-state index contributed by atoms with van der Waals surface area (Å²) < 4.78 is 33.8. The van der Waals surface area contributed by atoms with Gasteiger partial charge in [0.1, 0.15) is 5.75 Å². The molecular formula is C27H31N3O4S. The Morgan fingerprint density at radius 3 is 2.17 bits per heavy atom. The van der Waals surface area contributed by atoms with Crippen LogP contribution in [0.2, 0.25) is 0 Å². The number of anilines is 1. The number of carbonyl (C=O) groups excluding carboxylic acids is 1. The number of nitrogens with zero attached hydrogens (tertiary/aromatic N) is 1. The van der Waals surface area contributed by atoms with Crippen LogP contribution in [0, 0.1) is 0 Å². The van der Waals surface area contributed by atoms with Crippen LogP contribution in [0.25, 0.3) is 0 Å². The minimum atomic E-state index is -3.71. The number of hydrogen-bond acceptors (Lipinski definition) is 5. The lowest BCUT2D eigenvalue weighted by Gasteiger charge is -2.19. The molecule has 1 saturated carbocycles. The van der Waals surface area contributed by atoms with Crippen LogP contribution in [0.4, 0.5) is 5.69 Å². The Bertz CT molecular complexity index is 1260. The number of rotatable bonds is 7. The third kappa shape index (κ3) is 6.39. The zero-order valence-electron chi connectivity index (χ0n) is 20.2. The van der Waals surface area contributed by atoms with Crippen LogP contribution in [0.5, 0.6) is 11.6 Å². The lowest BCUT2D eigenvalue weighted by Crippen LogP contribution is -2.32. The van der Waals surface area contributed by atoms with E-state index in [1.165, 1.54) is 6.20 Å². The number of amides is 1. The number of hydrogen-bond donors (Lipinski definition) is 2. The molecule has 184 valence electrons. The summed E-state index contributed by atoms with van der Waals surface area (Å²) in [6.07, 6.45) is 5.85. The van der Waals surface area contributed by atoms with Crippen LogP contribution < -0.4 is 14.8 Å². The average Bonchev–Trinajstić information content (AvgIpc) is 3.33. The van der Waals surface area contributed by atoms with Gasteiger partial charge in [-0.05, 0) is 66.3 Å². The van der Waals surface area contributed by atoms with Crippen LogP contribution in [-0.4, -0.2) is 25.4 Å². The van der Waals surface area contributed by atoms with Crippen molar-refractivity contribution >= 4 is 21.6 Å². The van der Waals surface area contributed by atoms with Crippen molar-refractivity contribution in [1.82, 2.24) is 10.3 Å². The quantitative estimate of drug-likeness (QED) is 0.444. The molecular weight excluding hydrogens is 462 g/mol. The molecule has 1 aromatic heterocycles. The number of benzene rings is 2. The minimum absolute atomic E-state index is 0.0530. The summed E-state index contributed by atoms with van der Waals surface area (Å²) in [5, 5.41) is 3.03. The van der Waals surface area contributed by atoms with Crippen molar-refractivity contribution in [3.8, 4) is 11.6 Å². The highest BCUT2D eigenvalue weighted by Gasteiger charge is 2.19. The maximum atomic E-state index is 12.7. The smallest absolute Gasteiger partial charge is 0.261 e. The van der Waals surface area contributed by atoms with Gasteiger partial charge in [-0.15, -0.1) is 0 Å². The monoisotopic (exact) mass is 493 g/mol. The molecule has 1 aliphatic carbocycles. The van der Waals surface area contributed by atoms with Gasteiger partial charge in [-0.2, -0.15) is 0 Å². The summed E-state index contributed by atoms with van der Waals surface area (Å²) in [6, 6.07) is 17.0. The highest BCUT2D eigenvalue weighted by Crippen LogP contribution is 2.26. The molecule has 4 rings (SSSR count). The fourth-order valence-corrected chi connectivity index (χ4v) is 5.03. The van der Waals surface area contributed by atoms with Gasteiger partial charge in [0.25, 0.3) is 15.9 Å². The van der Waals surface area contributed by atoms with E-state index in [-0.39, 0.29) is 22.3 Å². The first-order valence-corrected chi connectivity index (χ1v) is 13.3. The van der Waals surface area contributed by atoms with E-state index in [2.05, 4.69) is 35.8 Å². The molecule has 1 aliphatic rings. The lowest BCUT2D eigenvalue weighted by atomic mass is 9.87. The molecule has 0 unspecified atom stereocenters. The van der Waals surface area contributed by atoms with Crippen LogP contribution in [0.15, 0.2) is 71.8 Å². The van der Waals surface area contributed by atoms with Crippen molar-refractivity contribution < 1.29 is 17.9 Å². The first kappa shape index (κ1) is 24.7. The largest absolute Gasteiger partial charge is 0.439 e. The van der Waals surface area contributed by atoms with Gasteiger partial charge < -0.3 is 10.1 Å².